The zero-order chi connectivity index (χ0) is 31.6. The van der Waals surface area contributed by atoms with Crippen molar-refractivity contribution in [1.82, 2.24) is 15.5 Å². The monoisotopic (exact) mass is 596 g/mol. The lowest BCUT2D eigenvalue weighted by Crippen LogP contribution is -2.36. The van der Waals surface area contributed by atoms with E-state index in [1.807, 2.05) is 19.1 Å². The van der Waals surface area contributed by atoms with Crippen LogP contribution in [0, 0.1) is 18.3 Å². The molecule has 228 valence electrons. The minimum atomic E-state index is -1.04. The molecule has 1 aliphatic rings. The minimum Gasteiger partial charge on any atom is -0.481 e. The van der Waals surface area contributed by atoms with Gasteiger partial charge in [0.25, 0.3) is 11.8 Å². The molecule has 1 saturated heterocycles. The first kappa shape index (κ1) is 31.6. The molecule has 11 nitrogen and oxygen atoms in total. The number of urea groups is 1. The van der Waals surface area contributed by atoms with E-state index in [4.69, 9.17) is 5.26 Å². The van der Waals surface area contributed by atoms with Crippen molar-refractivity contribution in [2.75, 3.05) is 42.9 Å². The second-order valence-electron chi connectivity index (χ2n) is 10.6. The molecule has 0 aromatic heterocycles. The Morgan fingerprint density at radius 1 is 0.932 bits per heavy atom. The van der Waals surface area contributed by atoms with Crippen molar-refractivity contribution in [1.29, 1.82) is 5.26 Å². The molecule has 4 N–H and O–H groups in total. The second-order valence-corrected chi connectivity index (χ2v) is 10.6. The Bertz CT molecular complexity index is 1550. The molecule has 11 heteroatoms. The molecule has 0 bridgehead atoms. The van der Waals surface area contributed by atoms with E-state index in [0.29, 0.717) is 67.2 Å². The molecule has 0 saturated carbocycles. The first-order valence-electron chi connectivity index (χ1n) is 14.5. The van der Waals surface area contributed by atoms with Crippen LogP contribution in [0.1, 0.15) is 63.2 Å². The summed E-state index contributed by atoms with van der Waals surface area (Å²) in [5.41, 5.74) is 4.06. The summed E-state index contributed by atoms with van der Waals surface area (Å²) in [6, 6.07) is 19.7. The fourth-order valence-electron chi connectivity index (χ4n) is 5.08. The van der Waals surface area contributed by atoms with Crippen LogP contribution in [0.15, 0.2) is 66.7 Å². The highest BCUT2D eigenvalue weighted by molar-refractivity contribution is 6.00. The van der Waals surface area contributed by atoms with Crippen LogP contribution in [-0.2, 0) is 4.79 Å². The molecule has 1 heterocycles. The highest BCUT2D eigenvalue weighted by atomic mass is 16.4. The number of aryl methyl sites for hydroxylation is 1. The third kappa shape index (κ3) is 8.13. The molecule has 1 unspecified atom stereocenters. The predicted octanol–water partition coefficient (Wildman–Crippen LogP) is 4.31. The van der Waals surface area contributed by atoms with Gasteiger partial charge in [0.1, 0.15) is 0 Å². The van der Waals surface area contributed by atoms with Crippen LogP contribution >= 0.6 is 0 Å². The van der Waals surface area contributed by atoms with E-state index < -0.39 is 23.9 Å². The Labute approximate surface area is 256 Å². The van der Waals surface area contributed by atoms with Crippen LogP contribution in [0.3, 0.4) is 0 Å². The number of carbonyl (C=O) groups is 4. The maximum absolute atomic E-state index is 13.4. The lowest BCUT2D eigenvalue weighted by atomic mass is 10.0. The Kier molecular flexibility index (Phi) is 10.5. The van der Waals surface area contributed by atoms with Gasteiger partial charge in [0.2, 0.25) is 0 Å². The zero-order valence-corrected chi connectivity index (χ0v) is 24.8. The summed E-state index contributed by atoms with van der Waals surface area (Å²) in [7, 11) is 0. The third-order valence-corrected chi connectivity index (χ3v) is 7.39. The Morgan fingerprint density at radius 3 is 2.30 bits per heavy atom. The molecule has 1 aliphatic heterocycles. The number of carboxylic acid groups (broad SMARTS) is 1. The normalized spacial score (nSPS) is 13.7. The molecule has 3 aromatic carbocycles. The summed E-state index contributed by atoms with van der Waals surface area (Å²) in [6.07, 6.45) is 0.390. The average Bonchev–Trinajstić information content (AvgIpc) is 3.27. The highest BCUT2D eigenvalue weighted by Crippen LogP contribution is 2.29. The van der Waals surface area contributed by atoms with Gasteiger partial charge in [0.05, 0.1) is 35.5 Å². The van der Waals surface area contributed by atoms with E-state index >= 15 is 0 Å². The number of carboxylic acids is 1. The quantitative estimate of drug-likeness (QED) is 0.287. The van der Waals surface area contributed by atoms with Gasteiger partial charge < -0.3 is 30.9 Å². The van der Waals surface area contributed by atoms with Crippen molar-refractivity contribution in [3.63, 3.8) is 0 Å². The van der Waals surface area contributed by atoms with Crippen LogP contribution < -0.4 is 20.9 Å². The van der Waals surface area contributed by atoms with E-state index in [0.717, 1.165) is 5.56 Å². The maximum atomic E-state index is 13.4. The number of rotatable bonds is 9. The van der Waals surface area contributed by atoms with Crippen molar-refractivity contribution in [2.24, 2.45) is 0 Å². The summed E-state index contributed by atoms with van der Waals surface area (Å²) in [5, 5.41) is 26.9. The molecule has 0 aliphatic carbocycles. The van der Waals surface area contributed by atoms with E-state index in [2.05, 4.69) is 26.9 Å². The third-order valence-electron chi connectivity index (χ3n) is 7.39. The Hall–Kier alpha value is -5.37. The smallest absolute Gasteiger partial charge is 0.319 e. The lowest BCUT2D eigenvalue weighted by Gasteiger charge is -2.27. The van der Waals surface area contributed by atoms with Gasteiger partial charge in [0.15, 0.2) is 0 Å². The summed E-state index contributed by atoms with van der Waals surface area (Å²) in [4.78, 5) is 54.5. The van der Waals surface area contributed by atoms with E-state index in [1.165, 1.54) is 0 Å². The molecule has 4 rings (SSSR count). The van der Waals surface area contributed by atoms with E-state index in [9.17, 15) is 24.3 Å². The number of hydrogen-bond acceptors (Lipinski definition) is 6. The SMILES string of the molecule is CCNC(=O)Nc1cc(C(=O)NC(CC(=O)O)c2ccc(C)cc2)ccc1N1CCCN(C(=O)c2ccc(C#N)cc2)CC1. The fourth-order valence-corrected chi connectivity index (χ4v) is 5.08. The van der Waals surface area contributed by atoms with Gasteiger partial charge in [-0.1, -0.05) is 29.8 Å². The number of nitrogens with one attached hydrogen (secondary N) is 3. The first-order valence-corrected chi connectivity index (χ1v) is 14.5. The second kappa shape index (κ2) is 14.7. The topological polar surface area (TPSA) is 155 Å². The molecule has 0 spiro atoms. The number of amides is 4. The number of hydrogen-bond donors (Lipinski definition) is 4. The molecule has 0 radical (unpaired) electrons. The van der Waals surface area contributed by atoms with E-state index in [-0.39, 0.29) is 17.9 Å². The molecule has 44 heavy (non-hydrogen) atoms. The number of nitrogens with zero attached hydrogens (tertiary/aromatic N) is 3. The minimum absolute atomic E-state index is 0.117. The standard InChI is InChI=1S/C33H36N6O5/c1-3-35-33(44)37-28-19-26(31(42)36-27(20-30(40)41)24-9-5-22(2)6-10-24)13-14-29(28)38-15-4-16-39(18-17-38)32(43)25-11-7-23(21-34)8-12-25/h5-14,19,27H,3-4,15-18,20H2,1-2H3,(H,36,42)(H,40,41)(H2,35,37,44). The molecular weight excluding hydrogens is 560 g/mol. The number of benzene rings is 3. The van der Waals surface area contributed by atoms with Crippen molar-refractivity contribution >= 4 is 35.2 Å². The van der Waals surface area contributed by atoms with E-state index in [1.54, 1.807) is 66.4 Å². The van der Waals surface area contributed by atoms with Crippen LogP contribution in [0.25, 0.3) is 0 Å². The van der Waals surface area contributed by atoms with Gasteiger partial charge in [-0.25, -0.2) is 4.79 Å². The van der Waals surface area contributed by atoms with Crippen molar-refractivity contribution in [3.05, 3.63) is 94.5 Å². The van der Waals surface area contributed by atoms with Crippen molar-refractivity contribution in [3.8, 4) is 6.07 Å². The number of aliphatic carboxylic acids is 1. The van der Waals surface area contributed by atoms with Gasteiger partial charge in [-0.3, -0.25) is 14.4 Å². The highest BCUT2D eigenvalue weighted by Gasteiger charge is 2.24. The van der Waals surface area contributed by atoms with Gasteiger partial charge in [-0.15, -0.1) is 0 Å². The number of nitriles is 1. The predicted molar refractivity (Wildman–Crippen MR) is 167 cm³/mol. The van der Waals surface area contributed by atoms with Crippen LogP contribution in [0.4, 0.5) is 16.2 Å². The Morgan fingerprint density at radius 2 is 1.64 bits per heavy atom. The van der Waals surface area contributed by atoms with Crippen molar-refractivity contribution in [2.45, 2.75) is 32.7 Å². The first-order chi connectivity index (χ1) is 21.2. The number of carbonyl (C=O) groups excluding carboxylic acids is 3. The fraction of sp³-hybridized carbons (Fsp3) is 0.303. The van der Waals surface area contributed by atoms with Crippen LogP contribution in [-0.4, -0.2) is 66.5 Å². The lowest BCUT2D eigenvalue weighted by molar-refractivity contribution is -0.137. The summed E-state index contributed by atoms with van der Waals surface area (Å²) in [5.74, 6) is -1.64. The number of anilines is 2. The van der Waals surface area contributed by atoms with Crippen LogP contribution in [0.5, 0.6) is 0 Å². The van der Waals surface area contributed by atoms with Crippen molar-refractivity contribution < 1.29 is 24.3 Å². The maximum Gasteiger partial charge on any atom is 0.319 e. The summed E-state index contributed by atoms with van der Waals surface area (Å²) >= 11 is 0. The summed E-state index contributed by atoms with van der Waals surface area (Å²) in [6.45, 7) is 6.21. The van der Waals surface area contributed by atoms with Gasteiger partial charge in [0, 0.05) is 43.9 Å². The largest absolute Gasteiger partial charge is 0.481 e. The molecule has 4 amide bonds. The zero-order valence-electron chi connectivity index (χ0n) is 24.8. The average molecular weight is 597 g/mol. The summed E-state index contributed by atoms with van der Waals surface area (Å²) < 4.78 is 0. The molecular formula is C33H36N6O5. The molecule has 1 fully saturated rings. The molecule has 3 aromatic rings. The Balaban J connectivity index is 1.55. The van der Waals surface area contributed by atoms with Crippen LogP contribution in [0.2, 0.25) is 0 Å². The van der Waals surface area contributed by atoms with Gasteiger partial charge >= 0.3 is 12.0 Å². The van der Waals surface area contributed by atoms with Gasteiger partial charge in [-0.05, 0) is 68.3 Å². The van der Waals surface area contributed by atoms with Gasteiger partial charge in [-0.2, -0.15) is 5.26 Å². The molecule has 1 atom stereocenters.